The number of hydrogen-bond acceptors (Lipinski definition) is 2. The van der Waals surface area contributed by atoms with Gasteiger partial charge in [-0.15, -0.1) is 0 Å². The molecule has 142 valence electrons. The molecule has 2 nitrogen and oxygen atoms in total. The van der Waals surface area contributed by atoms with E-state index in [0.717, 1.165) is 24.1 Å². The molecule has 0 radical (unpaired) electrons. The van der Waals surface area contributed by atoms with E-state index >= 15 is 0 Å². The van der Waals surface area contributed by atoms with Gasteiger partial charge in [0.15, 0.2) is 0 Å². The van der Waals surface area contributed by atoms with E-state index in [1.165, 1.54) is 22.4 Å². The molecule has 4 aromatic rings. The fourth-order valence-electron chi connectivity index (χ4n) is 3.68. The Morgan fingerprint density at radius 2 is 1.31 bits per heavy atom. The second-order valence-electron chi connectivity index (χ2n) is 7.13. The molecular formula is C27H23NO. The van der Waals surface area contributed by atoms with Crippen LogP contribution in [0.1, 0.15) is 27.0 Å². The van der Waals surface area contributed by atoms with Crippen LogP contribution in [0.15, 0.2) is 103 Å². The average molecular weight is 377 g/mol. The molecule has 0 bridgehead atoms. The van der Waals surface area contributed by atoms with Crippen molar-refractivity contribution in [2.24, 2.45) is 0 Å². The Bertz CT molecular complexity index is 1090. The minimum absolute atomic E-state index is 0.677. The molecule has 0 aliphatic rings. The third kappa shape index (κ3) is 4.12. The number of anilines is 3. The van der Waals surface area contributed by atoms with Gasteiger partial charge >= 0.3 is 0 Å². The van der Waals surface area contributed by atoms with Gasteiger partial charge in [-0.05, 0) is 66.4 Å². The van der Waals surface area contributed by atoms with E-state index in [9.17, 15) is 4.79 Å². The molecular weight excluding hydrogens is 354 g/mol. The van der Waals surface area contributed by atoms with E-state index in [0.29, 0.717) is 5.56 Å². The molecule has 2 heteroatoms. The number of aryl methyl sites for hydroxylation is 1. The Morgan fingerprint density at radius 1 is 0.690 bits per heavy atom. The van der Waals surface area contributed by atoms with E-state index in [4.69, 9.17) is 0 Å². The molecule has 4 aromatic carbocycles. The highest BCUT2D eigenvalue weighted by atomic mass is 16.1. The predicted molar refractivity (Wildman–Crippen MR) is 120 cm³/mol. The maximum atomic E-state index is 11.1. The molecule has 0 saturated carbocycles. The van der Waals surface area contributed by atoms with Crippen molar-refractivity contribution >= 4 is 23.3 Å². The largest absolute Gasteiger partial charge is 0.310 e. The number of rotatable bonds is 6. The number of benzene rings is 4. The molecule has 0 unspecified atom stereocenters. The van der Waals surface area contributed by atoms with Gasteiger partial charge in [0.2, 0.25) is 0 Å². The van der Waals surface area contributed by atoms with Gasteiger partial charge in [0.05, 0.1) is 5.69 Å². The highest BCUT2D eigenvalue weighted by molar-refractivity contribution is 5.82. The zero-order valence-corrected chi connectivity index (χ0v) is 16.5. The Hall–Kier alpha value is -3.65. The lowest BCUT2D eigenvalue weighted by Crippen LogP contribution is -2.14. The van der Waals surface area contributed by atoms with Crippen LogP contribution in [0.3, 0.4) is 0 Å². The van der Waals surface area contributed by atoms with Crippen molar-refractivity contribution in [3.63, 3.8) is 0 Å². The van der Waals surface area contributed by atoms with Crippen molar-refractivity contribution in [1.82, 2.24) is 0 Å². The van der Waals surface area contributed by atoms with Crippen molar-refractivity contribution in [2.45, 2.75) is 13.3 Å². The van der Waals surface area contributed by atoms with Crippen LogP contribution in [-0.2, 0) is 6.42 Å². The first kappa shape index (κ1) is 18.7. The van der Waals surface area contributed by atoms with E-state index in [2.05, 4.69) is 78.6 Å². The molecule has 0 aromatic heterocycles. The van der Waals surface area contributed by atoms with Gasteiger partial charge in [-0.1, -0.05) is 66.7 Å². The Balaban J connectivity index is 1.87. The first-order valence-electron chi connectivity index (χ1n) is 9.79. The first-order chi connectivity index (χ1) is 14.3. The lowest BCUT2D eigenvalue weighted by atomic mass is 9.98. The number of carbonyl (C=O) groups is 1. The summed E-state index contributed by atoms with van der Waals surface area (Å²) in [6.07, 6.45) is 1.73. The van der Waals surface area contributed by atoms with Gasteiger partial charge in [0.1, 0.15) is 6.29 Å². The van der Waals surface area contributed by atoms with Crippen molar-refractivity contribution in [3.8, 4) is 0 Å². The van der Waals surface area contributed by atoms with Crippen LogP contribution >= 0.6 is 0 Å². The lowest BCUT2D eigenvalue weighted by Gasteiger charge is -2.29. The summed E-state index contributed by atoms with van der Waals surface area (Å²) in [5.41, 5.74) is 7.74. The molecule has 0 saturated heterocycles. The molecule has 0 fully saturated rings. The fourth-order valence-corrected chi connectivity index (χ4v) is 3.68. The van der Waals surface area contributed by atoms with Crippen molar-refractivity contribution in [3.05, 3.63) is 125 Å². The second kappa shape index (κ2) is 8.57. The topological polar surface area (TPSA) is 20.3 Å². The molecule has 0 aliphatic heterocycles. The summed E-state index contributed by atoms with van der Waals surface area (Å²) in [7, 11) is 0. The molecule has 0 amide bonds. The lowest BCUT2D eigenvalue weighted by molar-refractivity contribution is 0.112. The van der Waals surface area contributed by atoms with Crippen LogP contribution < -0.4 is 4.90 Å². The van der Waals surface area contributed by atoms with E-state index in [1.807, 2.05) is 36.4 Å². The highest BCUT2D eigenvalue weighted by Gasteiger charge is 2.18. The SMILES string of the molecule is Cc1cccc(Cc2ccccc2)c1N(c1ccccc1)c1ccc(C=O)cc1. The summed E-state index contributed by atoms with van der Waals surface area (Å²) in [5, 5.41) is 0. The standard InChI is InChI=1S/C27H23NO/c1-21-9-8-12-24(19-22-10-4-2-5-11-22)27(21)28(25-13-6-3-7-14-25)26-17-15-23(20-29)16-18-26/h2-18,20H,19H2,1H3. The van der Waals surface area contributed by atoms with Crippen molar-refractivity contribution in [1.29, 1.82) is 0 Å². The smallest absolute Gasteiger partial charge is 0.150 e. The number of carbonyl (C=O) groups excluding carboxylic acids is 1. The average Bonchev–Trinajstić information content (AvgIpc) is 2.78. The maximum absolute atomic E-state index is 11.1. The van der Waals surface area contributed by atoms with Crippen LogP contribution in [0.2, 0.25) is 0 Å². The molecule has 0 atom stereocenters. The summed E-state index contributed by atoms with van der Waals surface area (Å²) in [5.74, 6) is 0. The van der Waals surface area contributed by atoms with Gasteiger partial charge in [0, 0.05) is 16.9 Å². The van der Waals surface area contributed by atoms with Gasteiger partial charge in [0.25, 0.3) is 0 Å². The van der Waals surface area contributed by atoms with Crippen LogP contribution in [0.4, 0.5) is 17.1 Å². The van der Waals surface area contributed by atoms with E-state index < -0.39 is 0 Å². The number of hydrogen-bond donors (Lipinski definition) is 0. The summed E-state index contributed by atoms with van der Waals surface area (Å²) in [6.45, 7) is 2.15. The van der Waals surface area contributed by atoms with Crippen LogP contribution in [-0.4, -0.2) is 6.29 Å². The number of para-hydroxylation sites is 2. The third-order valence-electron chi connectivity index (χ3n) is 5.08. The van der Waals surface area contributed by atoms with Crippen LogP contribution in [0.5, 0.6) is 0 Å². The molecule has 4 rings (SSSR count). The molecule has 0 N–H and O–H groups in total. The highest BCUT2D eigenvalue weighted by Crippen LogP contribution is 2.39. The Labute approximate surface area is 172 Å². The molecule has 0 heterocycles. The fraction of sp³-hybridized carbons (Fsp3) is 0.0741. The number of nitrogens with zero attached hydrogens (tertiary/aromatic N) is 1. The zero-order chi connectivity index (χ0) is 20.1. The molecule has 0 spiro atoms. The monoisotopic (exact) mass is 377 g/mol. The van der Waals surface area contributed by atoms with Gasteiger partial charge in [-0.2, -0.15) is 0 Å². The van der Waals surface area contributed by atoms with Crippen molar-refractivity contribution < 1.29 is 4.79 Å². The second-order valence-corrected chi connectivity index (χ2v) is 7.13. The first-order valence-corrected chi connectivity index (χ1v) is 9.79. The van der Waals surface area contributed by atoms with Gasteiger partial charge in [-0.3, -0.25) is 4.79 Å². The van der Waals surface area contributed by atoms with Crippen molar-refractivity contribution in [2.75, 3.05) is 4.90 Å². The van der Waals surface area contributed by atoms with Crippen LogP contribution in [0, 0.1) is 6.92 Å². The van der Waals surface area contributed by atoms with Gasteiger partial charge < -0.3 is 4.90 Å². The summed E-state index contributed by atoms with van der Waals surface area (Å²) in [6, 6.07) is 35.1. The van der Waals surface area contributed by atoms with E-state index in [1.54, 1.807) is 0 Å². The normalized spacial score (nSPS) is 10.5. The summed E-state index contributed by atoms with van der Waals surface area (Å²) >= 11 is 0. The molecule has 0 aliphatic carbocycles. The Morgan fingerprint density at radius 3 is 1.97 bits per heavy atom. The van der Waals surface area contributed by atoms with E-state index in [-0.39, 0.29) is 0 Å². The van der Waals surface area contributed by atoms with Crippen LogP contribution in [0.25, 0.3) is 0 Å². The third-order valence-corrected chi connectivity index (χ3v) is 5.08. The Kier molecular flexibility index (Phi) is 5.53. The summed E-state index contributed by atoms with van der Waals surface area (Å²) < 4.78 is 0. The zero-order valence-electron chi connectivity index (χ0n) is 16.5. The number of aldehydes is 1. The minimum Gasteiger partial charge on any atom is -0.310 e. The summed E-state index contributed by atoms with van der Waals surface area (Å²) in [4.78, 5) is 13.4. The predicted octanol–water partition coefficient (Wildman–Crippen LogP) is 6.87. The minimum atomic E-state index is 0.677. The van der Waals surface area contributed by atoms with Gasteiger partial charge in [-0.25, -0.2) is 0 Å². The molecule has 29 heavy (non-hydrogen) atoms. The maximum Gasteiger partial charge on any atom is 0.150 e. The quantitative estimate of drug-likeness (QED) is 0.342.